The average Bonchev–Trinajstić information content (AvgIpc) is 2.77. The van der Waals surface area contributed by atoms with Gasteiger partial charge in [-0.3, -0.25) is 14.4 Å². The number of carbonyl (C=O) groups is 3. The molecule has 31 heavy (non-hydrogen) atoms. The number of carbonyl (C=O) groups excluding carboxylic acids is 3. The number of hydrogen-bond acceptors (Lipinski definition) is 5. The SMILES string of the molecule is CCOc1ccccc1C(=O)NCC(=O)OCC(=O)NC1CCC(C(C)(C)CC)CC1. The van der Waals surface area contributed by atoms with Crippen molar-refractivity contribution in [3.05, 3.63) is 29.8 Å². The van der Waals surface area contributed by atoms with Gasteiger partial charge in [-0.15, -0.1) is 0 Å². The molecule has 7 nitrogen and oxygen atoms in total. The molecule has 0 bridgehead atoms. The van der Waals surface area contributed by atoms with Gasteiger partial charge in [-0.25, -0.2) is 0 Å². The number of esters is 1. The van der Waals surface area contributed by atoms with Gasteiger partial charge in [0.05, 0.1) is 12.2 Å². The predicted molar refractivity (Wildman–Crippen MR) is 119 cm³/mol. The molecule has 172 valence electrons. The second kappa shape index (κ2) is 11.7. The third kappa shape index (κ3) is 7.56. The fraction of sp³-hybridized carbons (Fsp3) is 0.625. The Morgan fingerprint density at radius 2 is 1.74 bits per heavy atom. The lowest BCUT2D eigenvalue weighted by molar-refractivity contribution is -0.147. The lowest BCUT2D eigenvalue weighted by Crippen LogP contribution is -2.42. The molecule has 0 aliphatic heterocycles. The highest BCUT2D eigenvalue weighted by Gasteiger charge is 2.32. The maximum absolute atomic E-state index is 12.3. The van der Waals surface area contributed by atoms with Crippen LogP contribution in [0.15, 0.2) is 24.3 Å². The van der Waals surface area contributed by atoms with E-state index in [-0.39, 0.29) is 25.1 Å². The Morgan fingerprint density at radius 1 is 1.06 bits per heavy atom. The lowest BCUT2D eigenvalue weighted by atomic mass is 9.69. The van der Waals surface area contributed by atoms with E-state index < -0.39 is 11.9 Å². The lowest BCUT2D eigenvalue weighted by Gasteiger charge is -2.39. The monoisotopic (exact) mass is 432 g/mol. The van der Waals surface area contributed by atoms with Crippen molar-refractivity contribution in [3.8, 4) is 5.75 Å². The third-order valence-corrected chi connectivity index (χ3v) is 6.30. The first-order chi connectivity index (χ1) is 14.8. The molecule has 0 saturated heterocycles. The van der Waals surface area contributed by atoms with Crippen molar-refractivity contribution in [1.82, 2.24) is 10.6 Å². The van der Waals surface area contributed by atoms with Crippen molar-refractivity contribution in [2.45, 2.75) is 65.8 Å². The van der Waals surface area contributed by atoms with Crippen molar-refractivity contribution < 1.29 is 23.9 Å². The summed E-state index contributed by atoms with van der Waals surface area (Å²) in [7, 11) is 0. The topological polar surface area (TPSA) is 93.7 Å². The van der Waals surface area contributed by atoms with Crippen LogP contribution in [0.2, 0.25) is 0 Å². The minimum Gasteiger partial charge on any atom is -0.493 e. The summed E-state index contributed by atoms with van der Waals surface area (Å²) >= 11 is 0. The molecular weight excluding hydrogens is 396 g/mol. The molecule has 1 saturated carbocycles. The summed E-state index contributed by atoms with van der Waals surface area (Å²) in [6.45, 7) is 8.44. The highest BCUT2D eigenvalue weighted by molar-refractivity contribution is 5.98. The first-order valence-electron chi connectivity index (χ1n) is 11.2. The fourth-order valence-corrected chi connectivity index (χ4v) is 3.96. The average molecular weight is 433 g/mol. The van der Waals surface area contributed by atoms with Gasteiger partial charge >= 0.3 is 5.97 Å². The summed E-state index contributed by atoms with van der Waals surface area (Å²) in [6, 6.07) is 6.93. The highest BCUT2D eigenvalue weighted by atomic mass is 16.5. The molecule has 2 rings (SSSR count). The van der Waals surface area contributed by atoms with E-state index in [0.717, 1.165) is 32.1 Å². The zero-order valence-corrected chi connectivity index (χ0v) is 19.2. The van der Waals surface area contributed by atoms with Crippen molar-refractivity contribution in [2.24, 2.45) is 11.3 Å². The Hall–Kier alpha value is -2.57. The van der Waals surface area contributed by atoms with Crippen LogP contribution in [0.3, 0.4) is 0 Å². The van der Waals surface area contributed by atoms with E-state index in [9.17, 15) is 14.4 Å². The van der Waals surface area contributed by atoms with Gasteiger partial charge in [-0.2, -0.15) is 0 Å². The van der Waals surface area contributed by atoms with Crippen LogP contribution in [-0.4, -0.2) is 43.6 Å². The molecule has 0 spiro atoms. The Balaban J connectivity index is 1.69. The van der Waals surface area contributed by atoms with Crippen molar-refractivity contribution in [2.75, 3.05) is 19.8 Å². The van der Waals surface area contributed by atoms with Crippen LogP contribution in [0, 0.1) is 11.3 Å². The Kier molecular flexibility index (Phi) is 9.34. The quantitative estimate of drug-likeness (QED) is 0.552. The first kappa shape index (κ1) is 24.7. The standard InChI is InChI=1S/C24H36N2O5/c1-5-24(3,4)17-11-13-18(14-12-17)26-21(27)16-31-22(28)15-25-23(29)19-9-7-8-10-20(19)30-6-2/h7-10,17-18H,5-6,11-16H2,1-4H3,(H,25,29)(H,26,27). The molecular formula is C24H36N2O5. The maximum Gasteiger partial charge on any atom is 0.325 e. The zero-order valence-electron chi connectivity index (χ0n) is 19.2. The van der Waals surface area contributed by atoms with E-state index in [1.54, 1.807) is 24.3 Å². The van der Waals surface area contributed by atoms with Crippen LogP contribution in [0.25, 0.3) is 0 Å². The van der Waals surface area contributed by atoms with E-state index in [0.29, 0.717) is 29.3 Å². The van der Waals surface area contributed by atoms with Gasteiger partial charge in [0.2, 0.25) is 0 Å². The molecule has 1 aliphatic rings. The molecule has 0 radical (unpaired) electrons. The van der Waals surface area contributed by atoms with Crippen LogP contribution >= 0.6 is 0 Å². The van der Waals surface area contributed by atoms with E-state index >= 15 is 0 Å². The van der Waals surface area contributed by atoms with E-state index in [1.165, 1.54) is 0 Å². The molecule has 0 aromatic heterocycles. The summed E-state index contributed by atoms with van der Waals surface area (Å²) in [5.74, 6) is -0.269. The van der Waals surface area contributed by atoms with Gasteiger partial charge in [0.25, 0.3) is 11.8 Å². The summed E-state index contributed by atoms with van der Waals surface area (Å²) in [4.78, 5) is 36.3. The van der Waals surface area contributed by atoms with Gasteiger partial charge in [-0.05, 0) is 56.1 Å². The summed E-state index contributed by atoms with van der Waals surface area (Å²) in [5.41, 5.74) is 0.676. The highest BCUT2D eigenvalue weighted by Crippen LogP contribution is 2.40. The predicted octanol–water partition coefficient (Wildman–Crippen LogP) is 3.47. The molecule has 2 N–H and O–H groups in total. The largest absolute Gasteiger partial charge is 0.493 e. The molecule has 0 atom stereocenters. The van der Waals surface area contributed by atoms with Gasteiger partial charge in [-0.1, -0.05) is 39.3 Å². The fourth-order valence-electron chi connectivity index (χ4n) is 3.96. The third-order valence-electron chi connectivity index (χ3n) is 6.30. The Morgan fingerprint density at radius 3 is 2.39 bits per heavy atom. The summed E-state index contributed by atoms with van der Waals surface area (Å²) in [6.07, 6.45) is 5.24. The van der Waals surface area contributed by atoms with Crippen molar-refractivity contribution in [3.63, 3.8) is 0 Å². The van der Waals surface area contributed by atoms with Gasteiger partial charge in [0, 0.05) is 6.04 Å². The maximum atomic E-state index is 12.3. The summed E-state index contributed by atoms with van der Waals surface area (Å²) in [5, 5.41) is 5.46. The smallest absolute Gasteiger partial charge is 0.325 e. The van der Waals surface area contributed by atoms with Crippen LogP contribution in [0.5, 0.6) is 5.75 Å². The minimum absolute atomic E-state index is 0.130. The normalized spacial score (nSPS) is 18.7. The summed E-state index contributed by atoms with van der Waals surface area (Å²) < 4.78 is 10.4. The Labute approximate surface area is 185 Å². The molecule has 7 heteroatoms. The molecule has 1 aromatic carbocycles. The number of para-hydroxylation sites is 1. The van der Waals surface area contributed by atoms with Gasteiger partial charge in [0.1, 0.15) is 12.3 Å². The zero-order chi connectivity index (χ0) is 22.9. The Bertz CT molecular complexity index is 754. The van der Waals surface area contributed by atoms with E-state index in [1.807, 2.05) is 6.92 Å². The molecule has 0 heterocycles. The molecule has 1 aliphatic carbocycles. The molecule has 0 unspecified atom stereocenters. The second-order valence-corrected chi connectivity index (χ2v) is 8.73. The van der Waals surface area contributed by atoms with Gasteiger partial charge < -0.3 is 20.1 Å². The number of benzene rings is 1. The number of rotatable bonds is 10. The van der Waals surface area contributed by atoms with Crippen molar-refractivity contribution >= 4 is 17.8 Å². The number of hydrogen-bond donors (Lipinski definition) is 2. The minimum atomic E-state index is -0.661. The van der Waals surface area contributed by atoms with Crippen LogP contribution in [0.1, 0.15) is 70.2 Å². The molecule has 1 fully saturated rings. The second-order valence-electron chi connectivity index (χ2n) is 8.73. The number of nitrogens with one attached hydrogen (secondary N) is 2. The van der Waals surface area contributed by atoms with Crippen LogP contribution in [-0.2, 0) is 14.3 Å². The van der Waals surface area contributed by atoms with Crippen LogP contribution < -0.4 is 15.4 Å². The number of amides is 2. The van der Waals surface area contributed by atoms with E-state index in [2.05, 4.69) is 31.4 Å². The van der Waals surface area contributed by atoms with Crippen LogP contribution in [0.4, 0.5) is 0 Å². The van der Waals surface area contributed by atoms with Crippen molar-refractivity contribution in [1.29, 1.82) is 0 Å². The first-order valence-corrected chi connectivity index (χ1v) is 11.2. The van der Waals surface area contributed by atoms with Gasteiger partial charge in [0.15, 0.2) is 6.61 Å². The number of ether oxygens (including phenoxy) is 2. The molecule has 2 amide bonds. The molecule has 1 aromatic rings. The van der Waals surface area contributed by atoms with E-state index in [4.69, 9.17) is 9.47 Å².